The third-order valence-corrected chi connectivity index (χ3v) is 5.70. The summed E-state index contributed by atoms with van der Waals surface area (Å²) in [5.74, 6) is 0.880. The summed E-state index contributed by atoms with van der Waals surface area (Å²) in [6.07, 6.45) is -3.99. The van der Waals surface area contributed by atoms with Crippen LogP contribution in [0.2, 0.25) is 5.02 Å². The molecule has 164 valence electrons. The van der Waals surface area contributed by atoms with Crippen LogP contribution in [0.15, 0.2) is 47.6 Å². The summed E-state index contributed by atoms with van der Waals surface area (Å²) >= 11 is 7.03. The van der Waals surface area contributed by atoms with Gasteiger partial charge in [0.1, 0.15) is 11.6 Å². The van der Waals surface area contributed by atoms with Gasteiger partial charge in [0, 0.05) is 13.5 Å². The molecule has 0 spiro atoms. The molecule has 0 unspecified atom stereocenters. The molecule has 0 bridgehead atoms. The van der Waals surface area contributed by atoms with Crippen LogP contribution in [0.25, 0.3) is 0 Å². The highest BCUT2D eigenvalue weighted by Crippen LogP contribution is 2.34. The molecule has 1 N–H and O–H groups in total. The fourth-order valence-electron chi connectivity index (χ4n) is 2.66. The van der Waals surface area contributed by atoms with E-state index in [-0.39, 0.29) is 16.5 Å². The van der Waals surface area contributed by atoms with Crippen molar-refractivity contribution in [2.45, 2.75) is 17.8 Å². The quantitative estimate of drug-likeness (QED) is 0.501. The minimum atomic E-state index is -4.53. The number of rotatable bonds is 7. The van der Waals surface area contributed by atoms with Crippen molar-refractivity contribution in [2.24, 2.45) is 7.05 Å². The van der Waals surface area contributed by atoms with Gasteiger partial charge >= 0.3 is 6.18 Å². The first kappa shape index (κ1) is 23.0. The lowest BCUT2D eigenvalue weighted by atomic mass is 10.1. The molecular formula is C20H18ClF3N4O2S. The predicted molar refractivity (Wildman–Crippen MR) is 113 cm³/mol. The maximum absolute atomic E-state index is 12.9. The number of nitrogens with one attached hydrogen (secondary N) is 1. The standard InChI is InChI=1S/C20H18ClF3N4O2S/c1-28-17(9-12-3-6-14(30-2)7-4-12)26-27-19(28)31-11-18(29)25-16-10-13(20(22,23)24)5-8-15(16)21/h3-8,10H,9,11H2,1-2H3,(H,25,29). The van der Waals surface area contributed by atoms with E-state index in [0.717, 1.165) is 41.3 Å². The number of methoxy groups -OCH3 is 1. The minimum absolute atomic E-state index is 0.0202. The van der Waals surface area contributed by atoms with Gasteiger partial charge in [0.2, 0.25) is 5.91 Å². The number of aromatic nitrogens is 3. The molecular weight excluding hydrogens is 453 g/mol. The average Bonchev–Trinajstić information content (AvgIpc) is 3.07. The summed E-state index contributed by atoms with van der Waals surface area (Å²) in [6.45, 7) is 0. The Kier molecular flexibility index (Phi) is 7.11. The van der Waals surface area contributed by atoms with Crippen molar-refractivity contribution < 1.29 is 22.7 Å². The van der Waals surface area contributed by atoms with Crippen molar-refractivity contribution in [3.63, 3.8) is 0 Å². The number of thioether (sulfide) groups is 1. The van der Waals surface area contributed by atoms with Crippen LogP contribution in [-0.4, -0.2) is 33.5 Å². The number of benzene rings is 2. The summed E-state index contributed by atoms with van der Waals surface area (Å²) in [5, 5.41) is 11.2. The Morgan fingerprint density at radius 3 is 2.55 bits per heavy atom. The number of alkyl halides is 3. The fourth-order valence-corrected chi connectivity index (χ4v) is 3.56. The first-order chi connectivity index (χ1) is 14.7. The molecule has 0 fully saturated rings. The normalized spacial score (nSPS) is 11.4. The van der Waals surface area contributed by atoms with Crippen LogP contribution in [0.5, 0.6) is 5.75 Å². The number of amides is 1. The van der Waals surface area contributed by atoms with Crippen molar-refractivity contribution in [2.75, 3.05) is 18.2 Å². The van der Waals surface area contributed by atoms with Crippen LogP contribution in [0.4, 0.5) is 18.9 Å². The molecule has 0 atom stereocenters. The third kappa shape index (κ3) is 5.92. The molecule has 0 saturated heterocycles. The molecule has 0 aliphatic rings. The number of anilines is 1. The van der Waals surface area contributed by atoms with E-state index in [0.29, 0.717) is 17.4 Å². The molecule has 31 heavy (non-hydrogen) atoms. The van der Waals surface area contributed by atoms with Gasteiger partial charge in [0.05, 0.1) is 29.1 Å². The molecule has 0 aliphatic carbocycles. The van der Waals surface area contributed by atoms with E-state index in [1.54, 1.807) is 18.7 Å². The molecule has 0 aliphatic heterocycles. The van der Waals surface area contributed by atoms with Crippen LogP contribution in [-0.2, 0) is 24.4 Å². The second kappa shape index (κ2) is 9.61. The van der Waals surface area contributed by atoms with Crippen molar-refractivity contribution in [3.05, 3.63) is 64.4 Å². The second-order valence-electron chi connectivity index (χ2n) is 6.51. The molecule has 6 nitrogen and oxygen atoms in total. The van der Waals surface area contributed by atoms with E-state index in [9.17, 15) is 18.0 Å². The lowest BCUT2D eigenvalue weighted by Gasteiger charge is -2.11. The Bertz CT molecular complexity index is 1070. The van der Waals surface area contributed by atoms with Gasteiger partial charge in [0.25, 0.3) is 0 Å². The van der Waals surface area contributed by atoms with Gasteiger partial charge in [-0.2, -0.15) is 13.2 Å². The highest BCUT2D eigenvalue weighted by molar-refractivity contribution is 7.99. The topological polar surface area (TPSA) is 69.0 Å². The highest BCUT2D eigenvalue weighted by Gasteiger charge is 2.31. The zero-order valence-electron chi connectivity index (χ0n) is 16.5. The number of carbonyl (C=O) groups excluding carboxylic acids is 1. The van der Waals surface area contributed by atoms with Crippen molar-refractivity contribution in [3.8, 4) is 5.75 Å². The summed E-state index contributed by atoms with van der Waals surface area (Å²) in [6, 6.07) is 10.3. The van der Waals surface area contributed by atoms with Crippen LogP contribution in [0, 0.1) is 0 Å². The Hall–Kier alpha value is -2.72. The van der Waals surface area contributed by atoms with E-state index in [1.165, 1.54) is 0 Å². The van der Waals surface area contributed by atoms with Gasteiger partial charge < -0.3 is 14.6 Å². The van der Waals surface area contributed by atoms with E-state index in [4.69, 9.17) is 16.3 Å². The number of carbonyl (C=O) groups is 1. The zero-order chi connectivity index (χ0) is 22.6. The van der Waals surface area contributed by atoms with Gasteiger partial charge in [-0.05, 0) is 35.9 Å². The van der Waals surface area contributed by atoms with Crippen molar-refractivity contribution >= 4 is 35.0 Å². The highest BCUT2D eigenvalue weighted by atomic mass is 35.5. The van der Waals surface area contributed by atoms with Gasteiger partial charge in [0.15, 0.2) is 5.16 Å². The van der Waals surface area contributed by atoms with Gasteiger partial charge in [-0.15, -0.1) is 10.2 Å². The molecule has 11 heteroatoms. The largest absolute Gasteiger partial charge is 0.497 e. The predicted octanol–water partition coefficient (Wildman–Crippen LogP) is 4.82. The van der Waals surface area contributed by atoms with E-state index in [1.807, 2.05) is 24.3 Å². The van der Waals surface area contributed by atoms with Crippen LogP contribution < -0.4 is 10.1 Å². The SMILES string of the molecule is COc1ccc(Cc2nnc(SCC(=O)Nc3cc(C(F)(F)F)ccc3Cl)n2C)cc1. The Morgan fingerprint density at radius 1 is 1.19 bits per heavy atom. The Balaban J connectivity index is 1.61. The first-order valence-electron chi connectivity index (χ1n) is 8.98. The maximum atomic E-state index is 12.9. The number of hydrogen-bond donors (Lipinski definition) is 1. The summed E-state index contributed by atoms with van der Waals surface area (Å²) in [7, 11) is 3.38. The number of ether oxygens (including phenoxy) is 1. The van der Waals surface area contributed by atoms with Crippen LogP contribution >= 0.6 is 23.4 Å². The molecule has 1 heterocycles. The number of hydrogen-bond acceptors (Lipinski definition) is 5. The second-order valence-corrected chi connectivity index (χ2v) is 7.86. The van der Waals surface area contributed by atoms with Gasteiger partial charge in [-0.1, -0.05) is 35.5 Å². The van der Waals surface area contributed by atoms with Gasteiger partial charge in [-0.3, -0.25) is 4.79 Å². The monoisotopic (exact) mass is 470 g/mol. The molecule has 0 radical (unpaired) electrons. The summed E-state index contributed by atoms with van der Waals surface area (Å²) in [4.78, 5) is 12.2. The van der Waals surface area contributed by atoms with E-state index >= 15 is 0 Å². The first-order valence-corrected chi connectivity index (χ1v) is 10.3. The Morgan fingerprint density at radius 2 is 1.90 bits per heavy atom. The molecule has 1 amide bonds. The minimum Gasteiger partial charge on any atom is -0.497 e. The van der Waals surface area contributed by atoms with E-state index in [2.05, 4.69) is 15.5 Å². The average molecular weight is 471 g/mol. The molecule has 2 aromatic carbocycles. The molecule has 1 aromatic heterocycles. The summed E-state index contributed by atoms with van der Waals surface area (Å²) < 4.78 is 45.5. The fraction of sp³-hybridized carbons (Fsp3) is 0.250. The number of nitrogens with zero attached hydrogens (tertiary/aromatic N) is 3. The lowest BCUT2D eigenvalue weighted by Crippen LogP contribution is -2.16. The summed E-state index contributed by atoms with van der Waals surface area (Å²) in [5.41, 5.74) is 0.0290. The van der Waals surface area contributed by atoms with Crippen molar-refractivity contribution in [1.82, 2.24) is 14.8 Å². The van der Waals surface area contributed by atoms with Crippen molar-refractivity contribution in [1.29, 1.82) is 0 Å². The molecule has 3 rings (SSSR count). The third-order valence-electron chi connectivity index (χ3n) is 4.35. The molecule has 0 saturated carbocycles. The lowest BCUT2D eigenvalue weighted by molar-refractivity contribution is -0.137. The van der Waals surface area contributed by atoms with Crippen LogP contribution in [0.3, 0.4) is 0 Å². The zero-order valence-corrected chi connectivity index (χ0v) is 18.1. The van der Waals surface area contributed by atoms with Crippen LogP contribution in [0.1, 0.15) is 17.0 Å². The molecule has 3 aromatic rings. The van der Waals surface area contributed by atoms with Gasteiger partial charge in [-0.25, -0.2) is 0 Å². The Labute approximate surface area is 185 Å². The van der Waals surface area contributed by atoms with E-state index < -0.39 is 17.6 Å². The smallest absolute Gasteiger partial charge is 0.416 e. The maximum Gasteiger partial charge on any atom is 0.416 e. The number of halogens is 4.